The van der Waals surface area contributed by atoms with E-state index in [1.165, 1.54) is 13.3 Å². The van der Waals surface area contributed by atoms with Gasteiger partial charge in [-0.05, 0) is 30.0 Å². The number of hydrogen-bond acceptors (Lipinski definition) is 9. The minimum Gasteiger partial charge on any atom is -0.467 e. The highest BCUT2D eigenvalue weighted by atomic mass is 16.6. The van der Waals surface area contributed by atoms with Crippen LogP contribution in [-0.4, -0.2) is 47.6 Å². The third-order valence-electron chi connectivity index (χ3n) is 6.36. The molecule has 0 fully saturated rings. The second kappa shape index (κ2) is 16.0. The summed E-state index contributed by atoms with van der Waals surface area (Å²) in [5.41, 5.74) is 1.23. The lowest BCUT2D eigenvalue weighted by Gasteiger charge is -2.23. The number of para-hydroxylation sites is 1. The number of hydrogen-bond donors (Lipinski definition) is 2. The number of rotatable bonds is 16. The Labute approximate surface area is 239 Å². The molecule has 1 amide bonds. The highest BCUT2D eigenvalue weighted by Gasteiger charge is 2.24. The Balaban J connectivity index is 1.57. The molecule has 3 rings (SSSR count). The molecule has 41 heavy (non-hydrogen) atoms. The van der Waals surface area contributed by atoms with E-state index in [0.29, 0.717) is 24.3 Å². The van der Waals surface area contributed by atoms with Gasteiger partial charge in [-0.15, -0.1) is 0 Å². The molecule has 1 aromatic heterocycles. The molecule has 11 nitrogen and oxygen atoms in total. The molecule has 2 N–H and O–H groups in total. The molecule has 0 aliphatic carbocycles. The lowest BCUT2D eigenvalue weighted by molar-refractivity contribution is -0.386. The van der Waals surface area contributed by atoms with E-state index >= 15 is 0 Å². The van der Waals surface area contributed by atoms with Crippen molar-refractivity contribution in [3.05, 3.63) is 94.2 Å². The van der Waals surface area contributed by atoms with Gasteiger partial charge < -0.3 is 24.8 Å². The van der Waals surface area contributed by atoms with E-state index in [1.54, 1.807) is 18.2 Å². The van der Waals surface area contributed by atoms with E-state index in [9.17, 15) is 19.7 Å². The molecule has 0 saturated carbocycles. The topological polar surface area (TPSA) is 142 Å². The van der Waals surface area contributed by atoms with Gasteiger partial charge in [0.25, 0.3) is 5.69 Å². The molecular formula is C30H36N4O7. The van der Waals surface area contributed by atoms with Gasteiger partial charge in [0.1, 0.15) is 11.9 Å². The van der Waals surface area contributed by atoms with Crippen molar-refractivity contribution in [2.24, 2.45) is 5.92 Å². The number of nitrogens with zero attached hydrogens (tertiary/aromatic N) is 2. The van der Waals surface area contributed by atoms with Gasteiger partial charge in [-0.1, -0.05) is 62.4 Å². The number of benzene rings is 2. The molecule has 0 bridgehead atoms. The van der Waals surface area contributed by atoms with Crippen molar-refractivity contribution in [3.63, 3.8) is 0 Å². The SMILES string of the molecule is COC(=O)C(COCc1ccccc1)NC(=O)CC[C@H](NCc1cc(Oc2ccccc2)ncc1[N+](=O)[O-])C(C)C. The Morgan fingerprint density at radius 3 is 2.37 bits per heavy atom. The van der Waals surface area contributed by atoms with Gasteiger partial charge in [0.15, 0.2) is 6.04 Å². The summed E-state index contributed by atoms with van der Waals surface area (Å²) < 4.78 is 16.2. The van der Waals surface area contributed by atoms with Gasteiger partial charge in [-0.3, -0.25) is 14.9 Å². The van der Waals surface area contributed by atoms with Crippen molar-refractivity contribution in [2.45, 2.75) is 51.9 Å². The van der Waals surface area contributed by atoms with Crippen molar-refractivity contribution in [3.8, 4) is 11.6 Å². The van der Waals surface area contributed by atoms with Crippen molar-refractivity contribution in [1.29, 1.82) is 0 Å². The second-order valence-corrected chi connectivity index (χ2v) is 9.74. The van der Waals surface area contributed by atoms with Crippen molar-refractivity contribution in [1.82, 2.24) is 15.6 Å². The van der Waals surface area contributed by atoms with Gasteiger partial charge in [-0.25, -0.2) is 9.78 Å². The second-order valence-electron chi connectivity index (χ2n) is 9.74. The number of nitrogens with one attached hydrogen (secondary N) is 2. The number of carbonyl (C=O) groups excluding carboxylic acids is 2. The fourth-order valence-corrected chi connectivity index (χ4v) is 4.08. The summed E-state index contributed by atoms with van der Waals surface area (Å²) in [4.78, 5) is 40.2. The standard InChI is InChI=1S/C30H36N4O7/c1-21(2)25(14-15-28(35)33-26(30(36)39-3)20-40-19-22-10-6-4-7-11-22)31-17-23-16-29(32-18-27(23)34(37)38)41-24-12-8-5-9-13-24/h4-13,16,18,21,25-26,31H,14-15,17,19-20H2,1-3H3,(H,33,35)/t25-,26?/m0/s1. The minimum absolute atomic E-state index is 0.0295. The first-order valence-corrected chi connectivity index (χ1v) is 13.3. The maximum Gasteiger partial charge on any atom is 0.330 e. The molecular weight excluding hydrogens is 528 g/mol. The first kappa shape index (κ1) is 31.2. The smallest absolute Gasteiger partial charge is 0.330 e. The van der Waals surface area contributed by atoms with Gasteiger partial charge in [0, 0.05) is 25.1 Å². The van der Waals surface area contributed by atoms with Crippen molar-refractivity contribution in [2.75, 3.05) is 13.7 Å². The van der Waals surface area contributed by atoms with E-state index in [0.717, 1.165) is 5.56 Å². The van der Waals surface area contributed by atoms with Crippen LogP contribution >= 0.6 is 0 Å². The van der Waals surface area contributed by atoms with Crippen molar-refractivity contribution < 1.29 is 28.7 Å². The van der Waals surface area contributed by atoms with Crippen molar-refractivity contribution >= 4 is 17.6 Å². The predicted octanol–water partition coefficient (Wildman–Crippen LogP) is 4.55. The average Bonchev–Trinajstić information content (AvgIpc) is 2.97. The molecule has 3 aromatic rings. The monoisotopic (exact) mass is 564 g/mol. The molecule has 11 heteroatoms. The molecule has 0 spiro atoms. The average molecular weight is 565 g/mol. The summed E-state index contributed by atoms with van der Waals surface area (Å²) >= 11 is 0. The van der Waals surface area contributed by atoms with Crippen LogP contribution in [-0.2, 0) is 32.2 Å². The Morgan fingerprint density at radius 1 is 1.05 bits per heavy atom. The summed E-state index contributed by atoms with van der Waals surface area (Å²) in [7, 11) is 1.26. The Hall–Kier alpha value is -4.35. The summed E-state index contributed by atoms with van der Waals surface area (Å²) in [6.45, 7) is 4.43. The number of pyridine rings is 1. The number of ether oxygens (including phenoxy) is 3. The summed E-state index contributed by atoms with van der Waals surface area (Å²) in [6, 6.07) is 19.0. The molecule has 218 valence electrons. The first-order valence-electron chi connectivity index (χ1n) is 13.3. The van der Waals surface area contributed by atoms with Crippen LogP contribution in [0.5, 0.6) is 11.6 Å². The zero-order valence-electron chi connectivity index (χ0n) is 23.4. The third kappa shape index (κ3) is 10.3. The fraction of sp³-hybridized carbons (Fsp3) is 0.367. The molecule has 2 aromatic carbocycles. The van der Waals surface area contributed by atoms with Gasteiger partial charge in [0.05, 0.1) is 30.8 Å². The number of esters is 1. The minimum atomic E-state index is -0.941. The van der Waals surface area contributed by atoms with Crippen LogP contribution in [0.25, 0.3) is 0 Å². The Kier molecular flexibility index (Phi) is 12.2. The van der Waals surface area contributed by atoms with E-state index in [2.05, 4.69) is 15.6 Å². The number of nitro groups is 1. The van der Waals surface area contributed by atoms with E-state index in [1.807, 2.05) is 62.4 Å². The summed E-state index contributed by atoms with van der Waals surface area (Å²) in [5, 5.41) is 17.6. The Bertz CT molecular complexity index is 1270. The van der Waals surface area contributed by atoms with E-state index < -0.39 is 16.9 Å². The van der Waals surface area contributed by atoms with E-state index in [-0.39, 0.29) is 49.0 Å². The normalized spacial score (nSPS) is 12.4. The summed E-state index contributed by atoms with van der Waals surface area (Å²) in [5.74, 6) is -0.000577. The molecule has 1 unspecified atom stereocenters. The van der Waals surface area contributed by atoms with Crippen LogP contribution in [0.15, 0.2) is 72.9 Å². The van der Waals surface area contributed by atoms with Gasteiger partial charge in [0.2, 0.25) is 11.8 Å². The zero-order valence-corrected chi connectivity index (χ0v) is 23.4. The lowest BCUT2D eigenvalue weighted by Crippen LogP contribution is -2.45. The molecule has 0 aliphatic heterocycles. The zero-order chi connectivity index (χ0) is 29.6. The fourth-order valence-electron chi connectivity index (χ4n) is 4.08. The molecule has 1 heterocycles. The molecule has 0 radical (unpaired) electrons. The van der Waals surface area contributed by atoms with Crippen LogP contribution in [0, 0.1) is 16.0 Å². The molecule has 2 atom stereocenters. The number of methoxy groups -OCH3 is 1. The van der Waals surface area contributed by atoms with Gasteiger partial charge in [-0.2, -0.15) is 0 Å². The Morgan fingerprint density at radius 2 is 1.73 bits per heavy atom. The third-order valence-corrected chi connectivity index (χ3v) is 6.36. The highest BCUT2D eigenvalue weighted by Crippen LogP contribution is 2.25. The summed E-state index contributed by atoms with van der Waals surface area (Å²) in [6.07, 6.45) is 1.75. The lowest BCUT2D eigenvalue weighted by atomic mass is 9.98. The van der Waals surface area contributed by atoms with Crippen LogP contribution in [0.3, 0.4) is 0 Å². The molecule has 0 saturated heterocycles. The largest absolute Gasteiger partial charge is 0.467 e. The quantitative estimate of drug-likeness (QED) is 0.146. The maximum atomic E-state index is 12.8. The molecule has 0 aliphatic rings. The maximum absolute atomic E-state index is 12.8. The highest BCUT2D eigenvalue weighted by molar-refractivity contribution is 5.84. The van der Waals surface area contributed by atoms with Crippen LogP contribution < -0.4 is 15.4 Å². The van der Waals surface area contributed by atoms with Crippen LogP contribution in [0.1, 0.15) is 37.8 Å². The van der Waals surface area contributed by atoms with Gasteiger partial charge >= 0.3 is 5.97 Å². The van der Waals surface area contributed by atoms with E-state index in [4.69, 9.17) is 14.2 Å². The number of aromatic nitrogens is 1. The predicted molar refractivity (Wildman–Crippen MR) is 152 cm³/mol. The van der Waals surface area contributed by atoms with Crippen LogP contribution in [0.4, 0.5) is 5.69 Å². The van der Waals surface area contributed by atoms with Crippen LogP contribution in [0.2, 0.25) is 0 Å². The number of amides is 1. The number of carbonyl (C=O) groups is 2. The first-order chi connectivity index (χ1) is 19.8.